The number of allylic oxidation sites excluding steroid dienone is 16. The standard InChI is InChI=1S/C74H128O6/c1-4-7-10-13-16-19-22-25-28-30-32-34-36-37-39-40-42-44-46-49-52-55-58-61-64-67-73(76)79-70-71(69-78-72(75)66-63-60-57-54-51-48-27-24-21-18-15-12-9-6-3)80-74(77)68-65-62-59-56-53-50-47-45-43-41-38-35-33-31-29-26-23-20-17-14-11-8-5-2/h7,10,15-16,18-19,24-25,27-28,31-34,37,39,71H,4-6,8-9,11-14,17,20-23,26,29-30,35-36,38,40-70H2,1-3H3/b10-7-,18-15-,19-16-,27-24-,28-25-,33-31-,34-32-,39-37-. The van der Waals surface area contributed by atoms with Crippen LogP contribution in [-0.2, 0) is 28.6 Å². The van der Waals surface area contributed by atoms with Crippen LogP contribution in [0.4, 0.5) is 0 Å². The first-order valence-corrected chi connectivity index (χ1v) is 34.2. The maximum Gasteiger partial charge on any atom is 0.306 e. The lowest BCUT2D eigenvalue weighted by Gasteiger charge is -2.18. The zero-order valence-corrected chi connectivity index (χ0v) is 52.8. The molecule has 0 aliphatic rings. The Morgan fingerprint density at radius 1 is 0.263 bits per heavy atom. The molecule has 6 heteroatoms. The maximum atomic E-state index is 13.0. The van der Waals surface area contributed by atoms with Crippen LogP contribution in [0, 0.1) is 0 Å². The topological polar surface area (TPSA) is 78.9 Å². The lowest BCUT2D eigenvalue weighted by Crippen LogP contribution is -2.30. The maximum absolute atomic E-state index is 13.0. The summed E-state index contributed by atoms with van der Waals surface area (Å²) in [5, 5.41) is 0. The van der Waals surface area contributed by atoms with Crippen molar-refractivity contribution in [3.05, 3.63) is 97.2 Å². The second-order valence-corrected chi connectivity index (χ2v) is 22.7. The van der Waals surface area contributed by atoms with E-state index in [1.54, 1.807) is 0 Å². The van der Waals surface area contributed by atoms with Crippen LogP contribution in [0.25, 0.3) is 0 Å². The van der Waals surface area contributed by atoms with Crippen molar-refractivity contribution in [2.45, 2.75) is 341 Å². The van der Waals surface area contributed by atoms with Crippen LogP contribution in [0.3, 0.4) is 0 Å². The van der Waals surface area contributed by atoms with Crippen molar-refractivity contribution in [1.82, 2.24) is 0 Å². The van der Waals surface area contributed by atoms with Gasteiger partial charge in [-0.25, -0.2) is 0 Å². The Kier molecular flexibility index (Phi) is 64.7. The summed E-state index contributed by atoms with van der Waals surface area (Å²) in [6.45, 7) is 6.51. The van der Waals surface area contributed by atoms with E-state index in [4.69, 9.17) is 14.2 Å². The predicted molar refractivity (Wildman–Crippen MR) is 348 cm³/mol. The van der Waals surface area contributed by atoms with Gasteiger partial charge in [-0.3, -0.25) is 14.4 Å². The molecule has 460 valence electrons. The quantitative estimate of drug-likeness (QED) is 0.0261. The third-order valence-corrected chi connectivity index (χ3v) is 14.8. The molecular weight excluding hydrogens is 985 g/mol. The normalized spacial score (nSPS) is 12.7. The van der Waals surface area contributed by atoms with Crippen molar-refractivity contribution in [3.8, 4) is 0 Å². The minimum atomic E-state index is -0.789. The minimum Gasteiger partial charge on any atom is -0.462 e. The van der Waals surface area contributed by atoms with Gasteiger partial charge in [0.2, 0.25) is 0 Å². The van der Waals surface area contributed by atoms with E-state index in [0.29, 0.717) is 19.3 Å². The molecule has 0 amide bonds. The number of esters is 3. The van der Waals surface area contributed by atoms with E-state index in [1.807, 2.05) is 0 Å². The Labute approximate surface area is 496 Å². The lowest BCUT2D eigenvalue weighted by molar-refractivity contribution is -0.167. The highest BCUT2D eigenvalue weighted by molar-refractivity contribution is 5.71. The average Bonchev–Trinajstić information content (AvgIpc) is 3.46. The Balaban J connectivity index is 4.34. The fraction of sp³-hybridized carbons (Fsp3) is 0.743. The predicted octanol–water partition coefficient (Wildman–Crippen LogP) is 23.6. The van der Waals surface area contributed by atoms with Crippen molar-refractivity contribution >= 4 is 17.9 Å². The molecule has 0 aliphatic carbocycles. The molecule has 0 saturated heterocycles. The van der Waals surface area contributed by atoms with E-state index in [0.717, 1.165) is 116 Å². The van der Waals surface area contributed by atoms with Crippen LogP contribution in [0.15, 0.2) is 97.2 Å². The summed E-state index contributed by atoms with van der Waals surface area (Å²) in [5.74, 6) is -0.891. The fourth-order valence-corrected chi connectivity index (χ4v) is 9.66. The smallest absolute Gasteiger partial charge is 0.306 e. The number of ether oxygens (including phenoxy) is 3. The van der Waals surface area contributed by atoms with Gasteiger partial charge in [0.15, 0.2) is 6.10 Å². The van der Waals surface area contributed by atoms with Gasteiger partial charge < -0.3 is 14.2 Å². The first-order valence-electron chi connectivity index (χ1n) is 34.2. The van der Waals surface area contributed by atoms with Gasteiger partial charge in [0.1, 0.15) is 13.2 Å². The SMILES string of the molecule is CC/C=C\C/C=C\C/C=C\C/C=C\C/C=C\CCCCCCCCCCCC(=O)OCC(COC(=O)CCCCCCC/C=C\C/C=C\CCCC)OC(=O)CCCCCCCCCCCCC/C=C\CCCCCCCCCC. The van der Waals surface area contributed by atoms with Gasteiger partial charge in [-0.2, -0.15) is 0 Å². The molecule has 0 N–H and O–H groups in total. The van der Waals surface area contributed by atoms with Gasteiger partial charge >= 0.3 is 17.9 Å². The van der Waals surface area contributed by atoms with Crippen LogP contribution in [-0.4, -0.2) is 37.2 Å². The average molecular weight is 1110 g/mol. The number of carbonyl (C=O) groups is 3. The van der Waals surface area contributed by atoms with Gasteiger partial charge in [-0.15, -0.1) is 0 Å². The molecule has 0 saturated carbocycles. The first kappa shape index (κ1) is 76.3. The number of carbonyl (C=O) groups excluding carboxylic acids is 3. The van der Waals surface area contributed by atoms with E-state index in [-0.39, 0.29) is 31.1 Å². The molecule has 0 spiro atoms. The summed E-state index contributed by atoms with van der Waals surface area (Å²) >= 11 is 0. The molecule has 0 aromatic heterocycles. The van der Waals surface area contributed by atoms with Crippen molar-refractivity contribution in [3.63, 3.8) is 0 Å². The van der Waals surface area contributed by atoms with Crippen LogP contribution in [0.2, 0.25) is 0 Å². The number of hydrogen-bond acceptors (Lipinski definition) is 6. The fourth-order valence-electron chi connectivity index (χ4n) is 9.66. The van der Waals surface area contributed by atoms with Crippen LogP contribution >= 0.6 is 0 Å². The highest BCUT2D eigenvalue weighted by Crippen LogP contribution is 2.17. The molecule has 0 rings (SSSR count). The summed E-state index contributed by atoms with van der Waals surface area (Å²) in [6.07, 6.45) is 91.3. The Morgan fingerprint density at radius 3 is 0.812 bits per heavy atom. The molecule has 1 unspecified atom stereocenters. The lowest BCUT2D eigenvalue weighted by atomic mass is 10.0. The van der Waals surface area contributed by atoms with Crippen molar-refractivity contribution in [2.75, 3.05) is 13.2 Å². The van der Waals surface area contributed by atoms with E-state index in [1.165, 1.54) is 180 Å². The molecule has 0 radical (unpaired) electrons. The van der Waals surface area contributed by atoms with E-state index < -0.39 is 6.10 Å². The molecule has 0 fully saturated rings. The van der Waals surface area contributed by atoms with Crippen molar-refractivity contribution < 1.29 is 28.6 Å². The molecule has 0 bridgehead atoms. The van der Waals surface area contributed by atoms with Crippen LogP contribution in [0.5, 0.6) is 0 Å². The molecule has 0 aromatic rings. The molecule has 0 aromatic carbocycles. The molecule has 0 heterocycles. The Bertz CT molecular complexity index is 1560. The summed E-state index contributed by atoms with van der Waals surface area (Å²) in [4.78, 5) is 38.4. The highest BCUT2D eigenvalue weighted by Gasteiger charge is 2.19. The van der Waals surface area contributed by atoms with Crippen molar-refractivity contribution in [1.29, 1.82) is 0 Å². The Hall–Kier alpha value is -3.67. The largest absolute Gasteiger partial charge is 0.462 e. The summed E-state index contributed by atoms with van der Waals surface area (Å²) in [6, 6.07) is 0. The minimum absolute atomic E-state index is 0.0844. The third-order valence-electron chi connectivity index (χ3n) is 14.8. The number of unbranched alkanes of at least 4 members (excludes halogenated alkanes) is 35. The van der Waals surface area contributed by atoms with Gasteiger partial charge in [-0.05, 0) is 116 Å². The summed E-state index contributed by atoms with van der Waals surface area (Å²) < 4.78 is 17.0. The van der Waals surface area contributed by atoms with E-state index in [2.05, 4.69) is 118 Å². The van der Waals surface area contributed by atoms with Crippen molar-refractivity contribution in [2.24, 2.45) is 0 Å². The monoisotopic (exact) mass is 1110 g/mol. The zero-order chi connectivity index (χ0) is 57.8. The number of hydrogen-bond donors (Lipinski definition) is 0. The summed E-state index contributed by atoms with van der Waals surface area (Å²) in [5.41, 5.74) is 0. The van der Waals surface area contributed by atoms with E-state index in [9.17, 15) is 14.4 Å². The highest BCUT2D eigenvalue weighted by atomic mass is 16.6. The van der Waals surface area contributed by atoms with E-state index >= 15 is 0 Å². The van der Waals surface area contributed by atoms with Gasteiger partial charge in [-0.1, -0.05) is 298 Å². The zero-order valence-electron chi connectivity index (χ0n) is 52.8. The van der Waals surface area contributed by atoms with Crippen LogP contribution in [0.1, 0.15) is 335 Å². The van der Waals surface area contributed by atoms with Gasteiger partial charge in [0.25, 0.3) is 0 Å². The third kappa shape index (κ3) is 65.1. The van der Waals surface area contributed by atoms with Crippen LogP contribution < -0.4 is 0 Å². The molecular formula is C74H128O6. The molecule has 6 nitrogen and oxygen atoms in total. The molecule has 1 atom stereocenters. The van der Waals surface area contributed by atoms with Gasteiger partial charge in [0, 0.05) is 19.3 Å². The second-order valence-electron chi connectivity index (χ2n) is 22.7. The number of rotatable bonds is 62. The second kappa shape index (κ2) is 67.8. The summed E-state index contributed by atoms with van der Waals surface area (Å²) in [7, 11) is 0. The first-order chi connectivity index (χ1) is 39.5. The van der Waals surface area contributed by atoms with Gasteiger partial charge in [0.05, 0.1) is 0 Å². The molecule has 0 aliphatic heterocycles. The Morgan fingerprint density at radius 2 is 0.500 bits per heavy atom. The molecule has 80 heavy (non-hydrogen) atoms.